The molecule has 0 radical (unpaired) electrons. The van der Waals surface area contributed by atoms with Crippen LogP contribution < -0.4 is 10.7 Å². The third-order valence-corrected chi connectivity index (χ3v) is 3.74. The van der Waals surface area contributed by atoms with Gasteiger partial charge in [-0.25, -0.2) is 5.43 Å². The minimum absolute atomic E-state index is 0.0618. The lowest BCUT2D eigenvalue weighted by Gasteiger charge is -2.06. The maximum atomic E-state index is 11.8. The van der Waals surface area contributed by atoms with Crippen molar-refractivity contribution in [2.75, 3.05) is 5.32 Å². The molecule has 0 saturated heterocycles. The summed E-state index contributed by atoms with van der Waals surface area (Å²) in [6, 6.07) is 17.0. The summed E-state index contributed by atoms with van der Waals surface area (Å²) in [4.78, 5) is 23.5. The molecule has 0 heterocycles. The molecule has 2 aromatic rings. The molecular formula is C19H20ClN3O2. The van der Waals surface area contributed by atoms with Gasteiger partial charge in [0.2, 0.25) is 11.8 Å². The molecule has 0 fully saturated rings. The van der Waals surface area contributed by atoms with E-state index in [0.717, 1.165) is 12.8 Å². The lowest BCUT2D eigenvalue weighted by atomic mass is 10.1. The van der Waals surface area contributed by atoms with Crippen LogP contribution in [-0.4, -0.2) is 18.0 Å². The number of carbonyl (C=O) groups excluding carboxylic acids is 2. The van der Waals surface area contributed by atoms with E-state index in [1.807, 2.05) is 30.3 Å². The first-order valence-corrected chi connectivity index (χ1v) is 8.41. The molecule has 0 saturated carbocycles. The highest BCUT2D eigenvalue weighted by Gasteiger charge is 2.08. The first-order chi connectivity index (χ1) is 12.1. The monoisotopic (exact) mass is 357 g/mol. The van der Waals surface area contributed by atoms with Crippen molar-refractivity contribution in [3.05, 3.63) is 65.2 Å². The van der Waals surface area contributed by atoms with Gasteiger partial charge in [-0.05, 0) is 30.5 Å². The molecule has 0 aliphatic heterocycles. The van der Waals surface area contributed by atoms with E-state index in [9.17, 15) is 9.59 Å². The predicted octanol–water partition coefficient (Wildman–Crippen LogP) is 3.79. The molecule has 0 aliphatic rings. The first-order valence-electron chi connectivity index (χ1n) is 8.04. The molecule has 25 heavy (non-hydrogen) atoms. The van der Waals surface area contributed by atoms with Crippen molar-refractivity contribution in [1.29, 1.82) is 0 Å². The maximum absolute atomic E-state index is 11.8. The minimum Gasteiger partial charge on any atom is -0.325 e. The quantitative estimate of drug-likeness (QED) is 0.557. The summed E-state index contributed by atoms with van der Waals surface area (Å²) >= 11 is 5.96. The van der Waals surface area contributed by atoms with Crippen molar-refractivity contribution in [2.45, 2.75) is 25.7 Å². The number of hydrogen-bond donors (Lipinski definition) is 2. The number of para-hydroxylation sites is 1. The number of carbonyl (C=O) groups is 2. The fraction of sp³-hybridized carbons (Fsp3) is 0.211. The van der Waals surface area contributed by atoms with Gasteiger partial charge in [-0.2, -0.15) is 5.10 Å². The molecule has 2 amide bonds. The molecule has 2 rings (SSSR count). The molecule has 0 bridgehead atoms. The highest BCUT2D eigenvalue weighted by atomic mass is 35.5. The molecule has 2 N–H and O–H groups in total. The second-order valence-electron chi connectivity index (χ2n) is 5.40. The van der Waals surface area contributed by atoms with Crippen LogP contribution in [0.4, 0.5) is 5.69 Å². The second kappa shape index (κ2) is 10.3. The van der Waals surface area contributed by atoms with E-state index in [0.29, 0.717) is 10.7 Å². The van der Waals surface area contributed by atoms with Crippen molar-refractivity contribution < 1.29 is 9.59 Å². The predicted molar refractivity (Wildman–Crippen MR) is 101 cm³/mol. The summed E-state index contributed by atoms with van der Waals surface area (Å²) in [5.74, 6) is -0.568. The van der Waals surface area contributed by atoms with E-state index in [-0.39, 0.29) is 24.7 Å². The Hall–Kier alpha value is -2.66. The van der Waals surface area contributed by atoms with Crippen LogP contribution in [0.2, 0.25) is 5.02 Å². The van der Waals surface area contributed by atoms with Crippen LogP contribution in [0, 0.1) is 0 Å². The van der Waals surface area contributed by atoms with E-state index >= 15 is 0 Å². The Kier molecular flexibility index (Phi) is 7.66. The van der Waals surface area contributed by atoms with Crippen LogP contribution in [0.5, 0.6) is 0 Å². The number of hydrogen-bond acceptors (Lipinski definition) is 3. The van der Waals surface area contributed by atoms with Gasteiger partial charge in [-0.1, -0.05) is 54.1 Å². The van der Waals surface area contributed by atoms with Gasteiger partial charge in [0.25, 0.3) is 0 Å². The Bertz CT molecular complexity index is 732. The number of nitrogens with zero attached hydrogens (tertiary/aromatic N) is 1. The van der Waals surface area contributed by atoms with E-state index in [1.165, 1.54) is 5.56 Å². The van der Waals surface area contributed by atoms with E-state index in [1.54, 1.807) is 30.5 Å². The van der Waals surface area contributed by atoms with Crippen LogP contribution in [0.1, 0.15) is 24.8 Å². The number of rotatable bonds is 8. The van der Waals surface area contributed by atoms with Gasteiger partial charge in [0.1, 0.15) is 0 Å². The fourth-order valence-electron chi connectivity index (χ4n) is 2.12. The number of nitrogens with one attached hydrogen (secondary N) is 2. The molecule has 0 aromatic heterocycles. The highest BCUT2D eigenvalue weighted by Crippen LogP contribution is 2.20. The van der Waals surface area contributed by atoms with Crippen LogP contribution in [0.15, 0.2) is 59.7 Å². The summed E-state index contributed by atoms with van der Waals surface area (Å²) in [5.41, 5.74) is 4.18. The normalized spacial score (nSPS) is 10.6. The largest absolute Gasteiger partial charge is 0.325 e. The Morgan fingerprint density at radius 2 is 1.64 bits per heavy atom. The summed E-state index contributed by atoms with van der Waals surface area (Å²) < 4.78 is 0. The van der Waals surface area contributed by atoms with Crippen molar-refractivity contribution in [2.24, 2.45) is 5.10 Å². The maximum Gasteiger partial charge on any atom is 0.240 e. The van der Waals surface area contributed by atoms with Gasteiger partial charge in [0.05, 0.1) is 10.7 Å². The van der Waals surface area contributed by atoms with Gasteiger partial charge in [0.15, 0.2) is 0 Å². The van der Waals surface area contributed by atoms with Crippen LogP contribution in [0.25, 0.3) is 0 Å². The summed E-state index contributed by atoms with van der Waals surface area (Å²) in [7, 11) is 0. The molecule has 5 nitrogen and oxygen atoms in total. The van der Waals surface area contributed by atoms with Crippen molar-refractivity contribution in [3.8, 4) is 0 Å². The van der Waals surface area contributed by atoms with Crippen molar-refractivity contribution in [3.63, 3.8) is 0 Å². The van der Waals surface area contributed by atoms with Crippen LogP contribution >= 0.6 is 11.6 Å². The number of aryl methyl sites for hydroxylation is 1. The zero-order chi connectivity index (χ0) is 17.9. The third kappa shape index (κ3) is 7.18. The van der Waals surface area contributed by atoms with Gasteiger partial charge in [-0.15, -0.1) is 0 Å². The SMILES string of the molecule is O=C(CCC(=O)Nc1ccccc1Cl)NN=CCCc1ccccc1. The lowest BCUT2D eigenvalue weighted by molar-refractivity contribution is -0.124. The van der Waals surface area contributed by atoms with Gasteiger partial charge in [0, 0.05) is 19.1 Å². The summed E-state index contributed by atoms with van der Waals surface area (Å²) in [5, 5.41) is 7.02. The van der Waals surface area contributed by atoms with Gasteiger partial charge >= 0.3 is 0 Å². The van der Waals surface area contributed by atoms with Crippen molar-refractivity contribution in [1.82, 2.24) is 5.43 Å². The average molecular weight is 358 g/mol. The van der Waals surface area contributed by atoms with Crippen LogP contribution in [-0.2, 0) is 16.0 Å². The fourth-order valence-corrected chi connectivity index (χ4v) is 2.30. The number of anilines is 1. The molecule has 6 heteroatoms. The molecule has 0 atom stereocenters. The van der Waals surface area contributed by atoms with Crippen LogP contribution in [0.3, 0.4) is 0 Å². The number of benzene rings is 2. The zero-order valence-electron chi connectivity index (χ0n) is 13.7. The van der Waals surface area contributed by atoms with Crippen molar-refractivity contribution >= 4 is 35.3 Å². The molecule has 130 valence electrons. The lowest BCUT2D eigenvalue weighted by Crippen LogP contribution is -2.20. The number of halogens is 1. The Labute approximate surface area is 152 Å². The minimum atomic E-state index is -0.301. The molecule has 0 spiro atoms. The number of amides is 2. The molecule has 0 aliphatic carbocycles. The molecule has 2 aromatic carbocycles. The number of hydrazone groups is 1. The summed E-state index contributed by atoms with van der Waals surface area (Å²) in [6.07, 6.45) is 3.38. The second-order valence-corrected chi connectivity index (χ2v) is 5.81. The van der Waals surface area contributed by atoms with Gasteiger partial charge in [-0.3, -0.25) is 9.59 Å². The van der Waals surface area contributed by atoms with E-state index in [2.05, 4.69) is 15.8 Å². The first kappa shape index (κ1) is 18.7. The Morgan fingerprint density at radius 3 is 2.40 bits per heavy atom. The zero-order valence-corrected chi connectivity index (χ0v) is 14.5. The van der Waals surface area contributed by atoms with Gasteiger partial charge < -0.3 is 5.32 Å². The Morgan fingerprint density at radius 1 is 0.960 bits per heavy atom. The smallest absolute Gasteiger partial charge is 0.240 e. The third-order valence-electron chi connectivity index (χ3n) is 3.41. The molecule has 0 unspecified atom stereocenters. The molecular weight excluding hydrogens is 338 g/mol. The Balaban J connectivity index is 1.62. The standard InChI is InChI=1S/C19H20ClN3O2/c20-16-10-4-5-11-17(16)22-18(24)12-13-19(25)23-21-14-6-9-15-7-2-1-3-8-15/h1-5,7-8,10-11,14H,6,9,12-13H2,(H,22,24)(H,23,25). The van der Waals surface area contributed by atoms with E-state index < -0.39 is 0 Å². The summed E-state index contributed by atoms with van der Waals surface area (Å²) in [6.45, 7) is 0. The van der Waals surface area contributed by atoms with E-state index in [4.69, 9.17) is 11.6 Å². The highest BCUT2D eigenvalue weighted by molar-refractivity contribution is 6.33. The topological polar surface area (TPSA) is 70.6 Å². The average Bonchev–Trinajstić information content (AvgIpc) is 2.62.